The van der Waals surface area contributed by atoms with Crippen LogP contribution in [0.1, 0.15) is 50.7 Å². The third kappa shape index (κ3) is 4.67. The second kappa shape index (κ2) is 9.41. The van der Waals surface area contributed by atoms with E-state index in [4.69, 9.17) is 9.47 Å². The monoisotopic (exact) mass is 465 g/mol. The van der Waals surface area contributed by atoms with E-state index in [9.17, 15) is 27.6 Å². The Morgan fingerprint density at radius 3 is 2.36 bits per heavy atom. The van der Waals surface area contributed by atoms with Crippen LogP contribution in [0.15, 0.2) is 46.8 Å². The van der Waals surface area contributed by atoms with Crippen LogP contribution in [-0.4, -0.2) is 31.4 Å². The first-order valence-electron chi connectivity index (χ1n) is 10.7. The Morgan fingerprint density at radius 1 is 1.18 bits per heavy atom. The summed E-state index contributed by atoms with van der Waals surface area (Å²) in [5.74, 6) is -4.27. The van der Waals surface area contributed by atoms with Gasteiger partial charge in [-0.2, -0.15) is 13.2 Å². The van der Waals surface area contributed by atoms with Crippen molar-refractivity contribution in [2.45, 2.75) is 45.7 Å². The number of benzene rings is 1. The molecule has 3 atom stereocenters. The first-order valence-corrected chi connectivity index (χ1v) is 10.7. The summed E-state index contributed by atoms with van der Waals surface area (Å²) >= 11 is 0. The number of alkyl halides is 3. The van der Waals surface area contributed by atoms with Gasteiger partial charge in [0, 0.05) is 22.9 Å². The van der Waals surface area contributed by atoms with Crippen molar-refractivity contribution in [2.75, 3.05) is 13.7 Å². The Bertz CT molecular complexity index is 1020. The van der Waals surface area contributed by atoms with Gasteiger partial charge in [0.15, 0.2) is 5.78 Å². The number of ketones is 1. The van der Waals surface area contributed by atoms with E-state index in [1.165, 1.54) is 19.2 Å². The van der Waals surface area contributed by atoms with Crippen LogP contribution in [0.25, 0.3) is 0 Å². The predicted molar refractivity (Wildman–Crippen MR) is 113 cm³/mol. The maximum Gasteiger partial charge on any atom is 0.416 e. The number of allylic oxidation sites excluding steroid dienone is 3. The summed E-state index contributed by atoms with van der Waals surface area (Å²) in [6.07, 6.45) is -3.62. The molecule has 0 saturated heterocycles. The van der Waals surface area contributed by atoms with Gasteiger partial charge in [-0.1, -0.05) is 26.0 Å². The molecule has 0 spiro atoms. The van der Waals surface area contributed by atoms with E-state index < -0.39 is 41.3 Å². The van der Waals surface area contributed by atoms with E-state index in [0.29, 0.717) is 29.8 Å². The number of hydrogen-bond donors (Lipinski definition) is 1. The van der Waals surface area contributed by atoms with Gasteiger partial charge in [-0.25, -0.2) is 4.79 Å². The van der Waals surface area contributed by atoms with E-state index >= 15 is 0 Å². The second-order valence-corrected chi connectivity index (χ2v) is 8.29. The Balaban J connectivity index is 2.16. The molecule has 178 valence electrons. The normalized spacial score (nSPS) is 23.1. The van der Waals surface area contributed by atoms with Crippen LogP contribution < -0.4 is 5.32 Å². The van der Waals surface area contributed by atoms with Gasteiger partial charge >= 0.3 is 18.1 Å². The van der Waals surface area contributed by atoms with Gasteiger partial charge < -0.3 is 14.8 Å². The van der Waals surface area contributed by atoms with Crippen molar-refractivity contribution >= 4 is 17.7 Å². The highest BCUT2D eigenvalue weighted by atomic mass is 19.4. The van der Waals surface area contributed by atoms with Crippen molar-refractivity contribution < 1.29 is 37.0 Å². The Hall–Kier alpha value is -3.10. The lowest BCUT2D eigenvalue weighted by molar-refractivity contribution is -0.151. The van der Waals surface area contributed by atoms with Crippen molar-refractivity contribution in [3.63, 3.8) is 0 Å². The number of methoxy groups -OCH3 is 1. The number of dihydropyridines is 1. The summed E-state index contributed by atoms with van der Waals surface area (Å²) in [7, 11) is 1.19. The van der Waals surface area contributed by atoms with Gasteiger partial charge in [-0.3, -0.25) is 9.59 Å². The fraction of sp³-hybridized carbons (Fsp3) is 0.458. The van der Waals surface area contributed by atoms with Crippen molar-refractivity contribution in [1.29, 1.82) is 0 Å². The number of Topliss-reactive ketones (excluding diaryl/α,β-unsaturated/α-hetero) is 1. The molecule has 1 N–H and O–H groups in total. The average Bonchev–Trinajstić information content (AvgIpc) is 2.75. The first kappa shape index (κ1) is 24.5. The number of halogens is 3. The highest BCUT2D eigenvalue weighted by Gasteiger charge is 2.47. The van der Waals surface area contributed by atoms with Gasteiger partial charge in [0.25, 0.3) is 0 Å². The molecule has 9 heteroatoms. The Labute approximate surface area is 189 Å². The maximum atomic E-state index is 13.5. The zero-order chi connectivity index (χ0) is 24.5. The predicted octanol–water partition coefficient (Wildman–Crippen LogP) is 4.27. The van der Waals surface area contributed by atoms with Crippen LogP contribution in [0.3, 0.4) is 0 Å². The molecule has 0 fully saturated rings. The van der Waals surface area contributed by atoms with E-state index in [1.807, 2.05) is 6.92 Å². The van der Waals surface area contributed by atoms with Crippen molar-refractivity contribution in [3.8, 4) is 0 Å². The summed E-state index contributed by atoms with van der Waals surface area (Å²) in [6.45, 7) is 5.39. The molecule has 0 aromatic heterocycles. The minimum absolute atomic E-state index is 0.133. The number of nitrogens with one attached hydrogen (secondary N) is 1. The van der Waals surface area contributed by atoms with Crippen LogP contribution in [0, 0.1) is 11.8 Å². The molecule has 3 rings (SSSR count). The highest BCUT2D eigenvalue weighted by Crippen LogP contribution is 2.45. The fourth-order valence-corrected chi connectivity index (χ4v) is 4.42. The van der Waals surface area contributed by atoms with Crippen LogP contribution >= 0.6 is 0 Å². The zero-order valence-corrected chi connectivity index (χ0v) is 18.8. The summed E-state index contributed by atoms with van der Waals surface area (Å²) in [5.41, 5.74) is 0.789. The van der Waals surface area contributed by atoms with Gasteiger partial charge in [0.1, 0.15) is 5.92 Å². The molecule has 0 unspecified atom stereocenters. The molecule has 1 heterocycles. The third-order valence-corrected chi connectivity index (χ3v) is 5.97. The largest absolute Gasteiger partial charge is 0.468 e. The Kier molecular flexibility index (Phi) is 7.00. The highest BCUT2D eigenvalue weighted by molar-refractivity contribution is 6.12. The molecule has 0 amide bonds. The van der Waals surface area contributed by atoms with Crippen LogP contribution in [0.2, 0.25) is 0 Å². The average molecular weight is 465 g/mol. The molecule has 2 aliphatic rings. The van der Waals surface area contributed by atoms with Crippen LogP contribution in [0.5, 0.6) is 0 Å². The van der Waals surface area contributed by atoms with Crippen molar-refractivity contribution in [2.24, 2.45) is 11.8 Å². The molecule has 33 heavy (non-hydrogen) atoms. The molecule has 0 bridgehead atoms. The van der Waals surface area contributed by atoms with Crippen LogP contribution in [0.4, 0.5) is 13.2 Å². The summed E-state index contributed by atoms with van der Waals surface area (Å²) in [4.78, 5) is 38.9. The third-order valence-electron chi connectivity index (χ3n) is 5.97. The second-order valence-electron chi connectivity index (χ2n) is 8.29. The lowest BCUT2D eigenvalue weighted by Crippen LogP contribution is -2.43. The smallest absolute Gasteiger partial charge is 0.416 e. The molecule has 1 aliphatic heterocycles. The zero-order valence-electron chi connectivity index (χ0n) is 18.8. The maximum absolute atomic E-state index is 13.5. The first-order chi connectivity index (χ1) is 15.5. The molecular weight excluding hydrogens is 439 g/mol. The molecular formula is C24H26F3NO5. The number of rotatable bonds is 5. The lowest BCUT2D eigenvalue weighted by atomic mass is 9.69. The number of carbonyl (C=O) groups is 3. The fourth-order valence-electron chi connectivity index (χ4n) is 4.42. The minimum atomic E-state index is -4.53. The number of carbonyl (C=O) groups excluding carboxylic acids is 3. The van der Waals surface area contributed by atoms with Crippen LogP contribution in [-0.2, 0) is 30.0 Å². The molecule has 0 saturated carbocycles. The summed E-state index contributed by atoms with van der Waals surface area (Å²) < 4.78 is 49.5. The van der Waals surface area contributed by atoms with Crippen molar-refractivity contribution in [1.82, 2.24) is 5.32 Å². The van der Waals surface area contributed by atoms with Gasteiger partial charge in [-0.05, 0) is 43.4 Å². The lowest BCUT2D eigenvalue weighted by Gasteiger charge is -2.38. The topological polar surface area (TPSA) is 81.7 Å². The Morgan fingerprint density at radius 2 is 1.82 bits per heavy atom. The molecule has 6 nitrogen and oxygen atoms in total. The molecule has 1 aromatic rings. The summed E-state index contributed by atoms with van der Waals surface area (Å²) in [6, 6.07) is 4.33. The number of ether oxygens (including phenoxy) is 2. The summed E-state index contributed by atoms with van der Waals surface area (Å²) in [5, 5.41) is 3.10. The molecule has 0 radical (unpaired) electrons. The number of esters is 2. The van der Waals surface area contributed by atoms with Gasteiger partial charge in [-0.15, -0.1) is 0 Å². The van der Waals surface area contributed by atoms with E-state index in [1.54, 1.807) is 13.8 Å². The number of hydrogen-bond acceptors (Lipinski definition) is 6. The quantitative estimate of drug-likeness (QED) is 0.517. The van der Waals surface area contributed by atoms with Gasteiger partial charge in [0.2, 0.25) is 0 Å². The van der Waals surface area contributed by atoms with Gasteiger partial charge in [0.05, 0.1) is 24.9 Å². The van der Waals surface area contributed by atoms with E-state index in [0.717, 1.165) is 12.1 Å². The van der Waals surface area contributed by atoms with E-state index in [2.05, 4.69) is 5.32 Å². The molecule has 1 aliphatic carbocycles. The van der Waals surface area contributed by atoms with E-state index in [-0.39, 0.29) is 23.7 Å². The van der Waals surface area contributed by atoms with Crippen molar-refractivity contribution in [3.05, 3.63) is 57.9 Å². The minimum Gasteiger partial charge on any atom is -0.468 e. The SMILES string of the molecule is CCCOC(=O)C1=C(C)NC2=C(C(=O)[C@H](C(=O)OC)[C@@H](C)C2)[C@@H]1c1ccc(C(F)(F)F)cc1. The molecule has 1 aromatic carbocycles. The standard InChI is InChI=1S/C24H26F3NO5/c1-5-10-33-23(31)18-13(3)28-16-11-12(2)17(22(30)32-4)21(29)20(16)19(18)14-6-8-15(9-7-14)24(25,26)27/h6-9,12,17,19,28H,5,10-11H2,1-4H3/t12-,17+,19+/m0/s1.